The van der Waals surface area contributed by atoms with Crippen LogP contribution in [0.4, 0.5) is 22.0 Å². The molecular formula is C10H9F5N2O2. The van der Waals surface area contributed by atoms with Gasteiger partial charge in [0.1, 0.15) is 5.69 Å². The molecule has 0 saturated heterocycles. The lowest BCUT2D eigenvalue weighted by molar-refractivity contribution is -0.139. The van der Waals surface area contributed by atoms with Gasteiger partial charge in [-0.1, -0.05) is 0 Å². The average molecular weight is 284 g/mol. The number of pyridine rings is 1. The number of alkyl halides is 5. The van der Waals surface area contributed by atoms with Gasteiger partial charge in [0, 0.05) is 6.54 Å². The first-order valence-electron chi connectivity index (χ1n) is 4.96. The monoisotopic (exact) mass is 284 g/mol. The highest BCUT2D eigenvalue weighted by atomic mass is 19.4. The summed E-state index contributed by atoms with van der Waals surface area (Å²) in [5, 5.41) is 8.57. The predicted molar refractivity (Wildman–Crippen MR) is 53.4 cm³/mol. The van der Waals surface area contributed by atoms with Gasteiger partial charge >= 0.3 is 12.1 Å². The molecule has 1 heterocycles. The lowest BCUT2D eigenvalue weighted by atomic mass is 10.0. The highest BCUT2D eigenvalue weighted by Gasteiger charge is 2.36. The Morgan fingerprint density at radius 1 is 1.42 bits per heavy atom. The van der Waals surface area contributed by atoms with Crippen molar-refractivity contribution in [2.24, 2.45) is 5.73 Å². The molecule has 0 amide bonds. The molecule has 19 heavy (non-hydrogen) atoms. The Labute approximate surface area is 104 Å². The van der Waals surface area contributed by atoms with Gasteiger partial charge < -0.3 is 10.8 Å². The van der Waals surface area contributed by atoms with Crippen LogP contribution in [-0.2, 0) is 23.9 Å². The van der Waals surface area contributed by atoms with E-state index in [0.29, 0.717) is 0 Å². The van der Waals surface area contributed by atoms with E-state index >= 15 is 0 Å². The van der Waals surface area contributed by atoms with E-state index in [1.54, 1.807) is 0 Å². The van der Waals surface area contributed by atoms with Crippen LogP contribution in [0.3, 0.4) is 0 Å². The lowest BCUT2D eigenvalue weighted by Gasteiger charge is -2.16. The van der Waals surface area contributed by atoms with Crippen LogP contribution in [-0.4, -0.2) is 16.1 Å². The fourth-order valence-corrected chi connectivity index (χ4v) is 1.53. The van der Waals surface area contributed by atoms with E-state index in [9.17, 15) is 26.7 Å². The summed E-state index contributed by atoms with van der Waals surface area (Å²) in [7, 11) is 0. The van der Waals surface area contributed by atoms with Gasteiger partial charge in [0.05, 0.1) is 17.7 Å². The molecule has 0 aliphatic heterocycles. The number of aliphatic carboxylic acids is 1. The van der Waals surface area contributed by atoms with Gasteiger partial charge in [-0.05, 0) is 11.6 Å². The minimum atomic E-state index is -4.96. The van der Waals surface area contributed by atoms with E-state index in [2.05, 4.69) is 4.98 Å². The third-order valence-electron chi connectivity index (χ3n) is 2.28. The van der Waals surface area contributed by atoms with Crippen LogP contribution >= 0.6 is 0 Å². The standard InChI is InChI=1S/C10H9F5N2O2/c11-9(12)6-2-5(10(13,14)15)4(1-8(18)19)7(3-16)17-6/h2,9H,1,3,16H2,(H,18,19). The van der Waals surface area contributed by atoms with Crippen molar-refractivity contribution in [3.8, 4) is 0 Å². The molecule has 0 saturated carbocycles. The first kappa shape index (κ1) is 15.3. The Kier molecular flexibility index (Phi) is 4.40. The molecule has 1 aromatic rings. The molecule has 0 aromatic carbocycles. The molecule has 3 N–H and O–H groups in total. The van der Waals surface area contributed by atoms with Crippen molar-refractivity contribution in [2.75, 3.05) is 0 Å². The number of hydrogen-bond acceptors (Lipinski definition) is 3. The van der Waals surface area contributed by atoms with Crippen molar-refractivity contribution in [3.05, 3.63) is 28.6 Å². The number of halogens is 5. The number of carboxylic acids is 1. The van der Waals surface area contributed by atoms with Crippen LogP contribution in [0.15, 0.2) is 6.07 Å². The van der Waals surface area contributed by atoms with Crippen molar-refractivity contribution in [1.82, 2.24) is 4.98 Å². The number of carboxylic acid groups (broad SMARTS) is 1. The topological polar surface area (TPSA) is 76.2 Å². The fourth-order valence-electron chi connectivity index (χ4n) is 1.53. The van der Waals surface area contributed by atoms with Crippen LogP contribution < -0.4 is 5.73 Å². The van der Waals surface area contributed by atoms with Crippen molar-refractivity contribution in [3.63, 3.8) is 0 Å². The minimum Gasteiger partial charge on any atom is -0.481 e. The predicted octanol–water partition coefficient (Wildman–Crippen LogP) is 2.12. The number of rotatable bonds is 4. The van der Waals surface area contributed by atoms with E-state index in [1.165, 1.54) is 0 Å². The van der Waals surface area contributed by atoms with Crippen LogP contribution in [0.5, 0.6) is 0 Å². The maximum absolute atomic E-state index is 12.8. The van der Waals surface area contributed by atoms with Crippen molar-refractivity contribution in [1.29, 1.82) is 0 Å². The third-order valence-corrected chi connectivity index (χ3v) is 2.28. The molecule has 0 bridgehead atoms. The number of hydrogen-bond donors (Lipinski definition) is 2. The second-order valence-electron chi connectivity index (χ2n) is 3.59. The Balaban J connectivity index is 3.52. The third kappa shape index (κ3) is 3.60. The van der Waals surface area contributed by atoms with Crippen LogP contribution in [0.1, 0.15) is 28.9 Å². The van der Waals surface area contributed by atoms with Gasteiger partial charge in [0.15, 0.2) is 0 Å². The van der Waals surface area contributed by atoms with E-state index in [-0.39, 0.29) is 6.07 Å². The normalized spacial score (nSPS) is 11.9. The molecule has 0 aliphatic carbocycles. The smallest absolute Gasteiger partial charge is 0.416 e. The number of nitrogens with two attached hydrogens (primary N) is 1. The zero-order valence-corrected chi connectivity index (χ0v) is 9.34. The zero-order valence-electron chi connectivity index (χ0n) is 9.34. The molecule has 1 aromatic heterocycles. The molecule has 106 valence electrons. The molecule has 0 fully saturated rings. The van der Waals surface area contributed by atoms with Crippen LogP contribution in [0.25, 0.3) is 0 Å². The van der Waals surface area contributed by atoms with Gasteiger partial charge in [-0.3, -0.25) is 9.78 Å². The quantitative estimate of drug-likeness (QED) is 0.830. The fraction of sp³-hybridized carbons (Fsp3) is 0.400. The number of nitrogens with zero attached hydrogens (tertiary/aromatic N) is 1. The minimum absolute atomic E-state index is 0.155. The summed E-state index contributed by atoms with van der Waals surface area (Å²) in [5.41, 5.74) is 1.43. The lowest BCUT2D eigenvalue weighted by Crippen LogP contribution is -2.19. The van der Waals surface area contributed by atoms with Gasteiger partial charge in [-0.15, -0.1) is 0 Å². The Bertz CT molecular complexity index is 488. The van der Waals surface area contributed by atoms with E-state index < -0.39 is 54.1 Å². The second kappa shape index (κ2) is 5.47. The summed E-state index contributed by atoms with van der Waals surface area (Å²) in [6, 6.07) is 0.155. The van der Waals surface area contributed by atoms with Gasteiger partial charge in [-0.25, -0.2) is 8.78 Å². The molecule has 0 aliphatic rings. The highest BCUT2D eigenvalue weighted by Crippen LogP contribution is 2.35. The summed E-state index contributed by atoms with van der Waals surface area (Å²) in [5.74, 6) is -1.54. The summed E-state index contributed by atoms with van der Waals surface area (Å²) in [4.78, 5) is 13.8. The molecule has 1 rings (SSSR count). The van der Waals surface area contributed by atoms with Gasteiger partial charge in [0.2, 0.25) is 0 Å². The Morgan fingerprint density at radius 3 is 2.37 bits per heavy atom. The first-order valence-corrected chi connectivity index (χ1v) is 4.96. The zero-order chi connectivity index (χ0) is 14.8. The largest absolute Gasteiger partial charge is 0.481 e. The molecular weight excluding hydrogens is 275 g/mol. The highest BCUT2D eigenvalue weighted by molar-refractivity contribution is 5.71. The first-order chi connectivity index (χ1) is 8.66. The maximum Gasteiger partial charge on any atom is 0.416 e. The average Bonchev–Trinajstić information content (AvgIpc) is 2.26. The summed E-state index contributed by atoms with van der Waals surface area (Å²) in [6.07, 6.45) is -9.15. The number of aromatic nitrogens is 1. The van der Waals surface area contributed by atoms with Crippen molar-refractivity contribution >= 4 is 5.97 Å². The Morgan fingerprint density at radius 2 is 2.00 bits per heavy atom. The van der Waals surface area contributed by atoms with E-state index in [1.807, 2.05) is 0 Å². The van der Waals surface area contributed by atoms with E-state index in [0.717, 1.165) is 0 Å². The summed E-state index contributed by atoms with van der Waals surface area (Å²) < 4.78 is 63.2. The summed E-state index contributed by atoms with van der Waals surface area (Å²) >= 11 is 0. The number of carbonyl (C=O) groups is 1. The summed E-state index contributed by atoms with van der Waals surface area (Å²) in [6.45, 7) is -0.563. The van der Waals surface area contributed by atoms with Crippen LogP contribution in [0, 0.1) is 0 Å². The molecule has 0 atom stereocenters. The second-order valence-corrected chi connectivity index (χ2v) is 3.59. The molecule has 4 nitrogen and oxygen atoms in total. The maximum atomic E-state index is 12.8. The van der Waals surface area contributed by atoms with Gasteiger partial charge in [0.25, 0.3) is 6.43 Å². The molecule has 9 heteroatoms. The Hall–Kier alpha value is -1.77. The van der Waals surface area contributed by atoms with E-state index in [4.69, 9.17) is 10.8 Å². The van der Waals surface area contributed by atoms with Crippen molar-refractivity contribution in [2.45, 2.75) is 25.6 Å². The van der Waals surface area contributed by atoms with Gasteiger partial charge in [-0.2, -0.15) is 13.2 Å². The van der Waals surface area contributed by atoms with Crippen molar-refractivity contribution < 1.29 is 31.9 Å². The SMILES string of the molecule is NCc1nc(C(F)F)cc(C(F)(F)F)c1CC(=O)O. The van der Waals surface area contributed by atoms with Crippen LogP contribution in [0.2, 0.25) is 0 Å². The molecule has 0 radical (unpaired) electrons. The molecule has 0 unspecified atom stereocenters. The molecule has 0 spiro atoms.